The molecule has 0 amide bonds. The molecule has 1 saturated carbocycles. The van der Waals surface area contributed by atoms with Crippen LogP contribution in [-0.2, 0) is 22.6 Å². The first-order chi connectivity index (χ1) is 15.2. The lowest BCUT2D eigenvalue weighted by Gasteiger charge is -2.19. The average Bonchev–Trinajstić information content (AvgIpc) is 3.20. The van der Waals surface area contributed by atoms with E-state index < -0.39 is 0 Å². The largest absolute Gasteiger partial charge is 0.477 e. The third kappa shape index (κ3) is 5.72. The second-order valence-electron chi connectivity index (χ2n) is 7.93. The second kappa shape index (κ2) is 10.2. The van der Waals surface area contributed by atoms with E-state index in [9.17, 15) is 4.79 Å². The minimum absolute atomic E-state index is 0.0618. The number of esters is 1. The van der Waals surface area contributed by atoms with E-state index in [0.29, 0.717) is 24.8 Å². The van der Waals surface area contributed by atoms with Crippen LogP contribution in [0.15, 0.2) is 53.1 Å². The first-order valence-corrected chi connectivity index (χ1v) is 10.9. The summed E-state index contributed by atoms with van der Waals surface area (Å²) < 4.78 is 17.0. The maximum atomic E-state index is 12.2. The molecular formula is C25H28N2O4. The zero-order valence-corrected chi connectivity index (χ0v) is 17.9. The number of aryl methyl sites for hydroxylation is 1. The summed E-state index contributed by atoms with van der Waals surface area (Å²) in [5.74, 6) is 1.93. The van der Waals surface area contributed by atoms with E-state index in [1.54, 1.807) is 12.3 Å². The van der Waals surface area contributed by atoms with Crippen LogP contribution in [0.2, 0.25) is 0 Å². The number of pyridine rings is 1. The Labute approximate surface area is 182 Å². The Balaban J connectivity index is 1.23. The van der Waals surface area contributed by atoms with Crippen molar-refractivity contribution in [2.45, 2.75) is 52.1 Å². The number of hydrogen-bond donors (Lipinski definition) is 0. The molecule has 4 rings (SSSR count). The van der Waals surface area contributed by atoms with Gasteiger partial charge in [-0.1, -0.05) is 37.5 Å². The average molecular weight is 421 g/mol. The number of oxazole rings is 1. The summed E-state index contributed by atoms with van der Waals surface area (Å²) in [6, 6.07) is 13.5. The van der Waals surface area contributed by atoms with E-state index in [1.807, 2.05) is 43.3 Å². The van der Waals surface area contributed by atoms with Gasteiger partial charge >= 0.3 is 5.97 Å². The maximum Gasteiger partial charge on any atom is 0.309 e. The number of rotatable bonds is 8. The quantitative estimate of drug-likeness (QED) is 0.461. The van der Waals surface area contributed by atoms with Gasteiger partial charge < -0.3 is 13.9 Å². The van der Waals surface area contributed by atoms with Crippen molar-refractivity contribution in [2.75, 3.05) is 6.61 Å². The van der Waals surface area contributed by atoms with Crippen molar-refractivity contribution >= 4 is 5.97 Å². The van der Waals surface area contributed by atoms with Gasteiger partial charge in [0, 0.05) is 29.8 Å². The Hall–Kier alpha value is -3.15. The molecule has 0 N–H and O–H groups in total. The van der Waals surface area contributed by atoms with Crippen molar-refractivity contribution in [3.05, 3.63) is 65.7 Å². The molecule has 1 aliphatic rings. The van der Waals surface area contributed by atoms with Crippen LogP contribution in [0, 0.1) is 12.8 Å². The molecule has 0 aliphatic heterocycles. The van der Waals surface area contributed by atoms with Crippen LogP contribution in [-0.4, -0.2) is 22.5 Å². The molecule has 1 aromatic carbocycles. The lowest BCUT2D eigenvalue weighted by molar-refractivity contribution is -0.151. The van der Waals surface area contributed by atoms with Gasteiger partial charge in [-0.15, -0.1) is 0 Å². The molecule has 1 aliphatic carbocycles. The number of aromatic nitrogens is 2. The zero-order chi connectivity index (χ0) is 21.5. The highest BCUT2D eigenvalue weighted by Crippen LogP contribution is 2.25. The van der Waals surface area contributed by atoms with Crippen molar-refractivity contribution in [1.82, 2.24) is 9.97 Å². The summed E-state index contributed by atoms with van der Waals surface area (Å²) in [5, 5.41) is 0. The van der Waals surface area contributed by atoms with Gasteiger partial charge in [-0.3, -0.25) is 4.79 Å². The van der Waals surface area contributed by atoms with Gasteiger partial charge in [-0.25, -0.2) is 9.97 Å². The first kappa shape index (κ1) is 21.1. The van der Waals surface area contributed by atoms with E-state index in [2.05, 4.69) is 9.97 Å². The third-order valence-electron chi connectivity index (χ3n) is 5.62. The SMILES string of the molecule is Cc1oc(-c2ccccc2)nc1CCOc1ccc(COC(=O)C2CCCCC2)cn1. The predicted molar refractivity (Wildman–Crippen MR) is 116 cm³/mol. The topological polar surface area (TPSA) is 74.5 Å². The predicted octanol–water partition coefficient (Wildman–Crippen LogP) is 5.29. The van der Waals surface area contributed by atoms with E-state index in [-0.39, 0.29) is 18.5 Å². The van der Waals surface area contributed by atoms with Gasteiger partial charge in [0.25, 0.3) is 0 Å². The van der Waals surface area contributed by atoms with Gasteiger partial charge in [0.1, 0.15) is 12.4 Å². The van der Waals surface area contributed by atoms with Crippen molar-refractivity contribution < 1.29 is 18.7 Å². The van der Waals surface area contributed by atoms with Crippen LogP contribution >= 0.6 is 0 Å². The monoisotopic (exact) mass is 420 g/mol. The van der Waals surface area contributed by atoms with Crippen LogP contribution in [0.25, 0.3) is 11.5 Å². The van der Waals surface area contributed by atoms with E-state index >= 15 is 0 Å². The molecule has 0 unspecified atom stereocenters. The number of ether oxygens (including phenoxy) is 2. The fourth-order valence-corrected chi connectivity index (χ4v) is 3.81. The summed E-state index contributed by atoms with van der Waals surface area (Å²) in [4.78, 5) is 21.1. The van der Waals surface area contributed by atoms with Crippen LogP contribution in [0.3, 0.4) is 0 Å². The molecule has 2 aromatic heterocycles. The second-order valence-corrected chi connectivity index (χ2v) is 7.93. The van der Waals surface area contributed by atoms with Crippen molar-refractivity contribution in [1.29, 1.82) is 0 Å². The molecule has 2 heterocycles. The Morgan fingerprint density at radius 2 is 1.90 bits per heavy atom. The maximum absolute atomic E-state index is 12.2. The molecule has 3 aromatic rings. The van der Waals surface area contributed by atoms with Gasteiger partial charge in [-0.2, -0.15) is 0 Å². The molecule has 0 radical (unpaired) electrons. The summed E-state index contributed by atoms with van der Waals surface area (Å²) in [6.45, 7) is 2.62. The van der Waals surface area contributed by atoms with Crippen LogP contribution in [0.4, 0.5) is 0 Å². The number of hydrogen-bond acceptors (Lipinski definition) is 6. The highest BCUT2D eigenvalue weighted by Gasteiger charge is 2.22. The fourth-order valence-electron chi connectivity index (χ4n) is 3.81. The molecule has 6 heteroatoms. The molecule has 31 heavy (non-hydrogen) atoms. The standard InChI is InChI=1S/C25H28N2O4/c1-18-22(27-24(31-18)20-8-4-2-5-9-20)14-15-29-23-13-12-19(16-26-23)17-30-25(28)21-10-6-3-7-11-21/h2,4-5,8-9,12-13,16,21H,3,6-7,10-11,14-15,17H2,1H3. The molecule has 0 saturated heterocycles. The number of nitrogens with zero attached hydrogens (tertiary/aromatic N) is 2. The minimum Gasteiger partial charge on any atom is -0.477 e. The third-order valence-corrected chi connectivity index (χ3v) is 5.62. The number of carbonyl (C=O) groups is 1. The molecule has 0 bridgehead atoms. The van der Waals surface area contributed by atoms with Crippen LogP contribution < -0.4 is 4.74 Å². The minimum atomic E-state index is -0.0853. The number of benzene rings is 1. The summed E-state index contributed by atoms with van der Waals surface area (Å²) in [5.41, 5.74) is 2.70. The lowest BCUT2D eigenvalue weighted by Crippen LogP contribution is -2.20. The molecule has 6 nitrogen and oxygen atoms in total. The molecule has 162 valence electrons. The Bertz CT molecular complexity index is 977. The zero-order valence-electron chi connectivity index (χ0n) is 17.9. The van der Waals surface area contributed by atoms with Crippen molar-refractivity contribution in [3.8, 4) is 17.3 Å². The van der Waals surface area contributed by atoms with Crippen LogP contribution in [0.1, 0.15) is 49.1 Å². The first-order valence-electron chi connectivity index (χ1n) is 10.9. The summed E-state index contributed by atoms with van der Waals surface area (Å²) >= 11 is 0. The molecular weight excluding hydrogens is 392 g/mol. The molecule has 0 atom stereocenters. The van der Waals surface area contributed by atoms with E-state index in [1.165, 1.54) is 6.42 Å². The summed E-state index contributed by atoms with van der Waals surface area (Å²) in [7, 11) is 0. The van der Waals surface area contributed by atoms with E-state index in [0.717, 1.165) is 48.3 Å². The Morgan fingerprint density at radius 3 is 2.65 bits per heavy atom. The highest BCUT2D eigenvalue weighted by molar-refractivity contribution is 5.72. The lowest BCUT2D eigenvalue weighted by atomic mass is 9.89. The summed E-state index contributed by atoms with van der Waals surface area (Å²) in [6.07, 6.45) is 7.68. The number of carbonyl (C=O) groups excluding carboxylic acids is 1. The Kier molecular flexibility index (Phi) is 6.97. The van der Waals surface area contributed by atoms with Crippen molar-refractivity contribution in [2.24, 2.45) is 5.92 Å². The molecule has 1 fully saturated rings. The Morgan fingerprint density at radius 1 is 1.10 bits per heavy atom. The van der Waals surface area contributed by atoms with Gasteiger partial charge in [0.05, 0.1) is 18.2 Å². The fraction of sp³-hybridized carbons (Fsp3) is 0.400. The van der Waals surface area contributed by atoms with Crippen molar-refractivity contribution in [3.63, 3.8) is 0 Å². The van der Waals surface area contributed by atoms with E-state index in [4.69, 9.17) is 13.9 Å². The van der Waals surface area contributed by atoms with Gasteiger partial charge in [0.2, 0.25) is 11.8 Å². The van der Waals surface area contributed by atoms with Crippen LogP contribution in [0.5, 0.6) is 5.88 Å². The molecule has 0 spiro atoms. The smallest absolute Gasteiger partial charge is 0.309 e. The van der Waals surface area contributed by atoms with Gasteiger partial charge in [0.15, 0.2) is 0 Å². The highest BCUT2D eigenvalue weighted by atomic mass is 16.5. The van der Waals surface area contributed by atoms with Gasteiger partial charge in [-0.05, 0) is 38.0 Å². The normalized spacial score (nSPS) is 14.4.